The number of nitrogens with zero attached hydrogens (tertiary/aromatic N) is 3. The number of likely N-dealkylation sites (N-methyl/N-ethyl adjacent to an activating group) is 1. The van der Waals surface area contributed by atoms with Crippen molar-refractivity contribution in [2.45, 2.75) is 57.4 Å². The van der Waals surface area contributed by atoms with Crippen LogP contribution in [0.4, 0.5) is 5.69 Å². The molecule has 0 bridgehead atoms. The highest BCUT2D eigenvalue weighted by Gasteiger charge is 2.36. The van der Waals surface area contributed by atoms with Crippen molar-refractivity contribution in [3.05, 3.63) is 296 Å². The van der Waals surface area contributed by atoms with E-state index >= 15 is 0 Å². The minimum absolute atomic E-state index is 0.0166. The molecule has 0 aromatic heterocycles. The lowest BCUT2D eigenvalue weighted by Gasteiger charge is -2.20. The van der Waals surface area contributed by atoms with Crippen molar-refractivity contribution >= 4 is 76.9 Å². The molecule has 9 aromatic carbocycles. The molecule has 3 atom stereocenters. The van der Waals surface area contributed by atoms with Crippen LogP contribution in [-0.2, 0) is 4.79 Å². The number of hydrogen-bond donors (Lipinski definition) is 6. The average molecular weight is 1480 g/mol. The molecule has 0 saturated carbocycles. The van der Waals surface area contributed by atoms with E-state index in [1.165, 1.54) is 59.4 Å². The van der Waals surface area contributed by atoms with E-state index < -0.39 is 0 Å². The molecule has 6 N–H and O–H groups in total. The number of rotatable bonds is 28. The summed E-state index contributed by atoms with van der Waals surface area (Å²) < 4.78 is 14.2. The number of aliphatic hydroxyl groups excluding tert-OH is 3. The summed E-state index contributed by atoms with van der Waals surface area (Å²) in [6, 6.07) is 80.7. The smallest absolute Gasteiger partial charge is 0.238 e. The van der Waals surface area contributed by atoms with E-state index in [-0.39, 0.29) is 31.5 Å². The maximum absolute atomic E-state index is 12.7. The lowest BCUT2D eigenvalue weighted by molar-refractivity contribution is -0.117. The Labute approximate surface area is 614 Å². The van der Waals surface area contributed by atoms with Crippen LogP contribution in [0.2, 0.25) is 0 Å². The number of halogens is 2. The molecule has 4 aliphatic rings. The van der Waals surface area contributed by atoms with Gasteiger partial charge in [-0.15, -0.1) is 0 Å². The van der Waals surface area contributed by atoms with E-state index in [1.807, 2.05) is 66.7 Å². The zero-order chi connectivity index (χ0) is 70.1. The number of aromatic hydroxyl groups is 1. The zero-order valence-corrected chi connectivity index (χ0v) is 61.1. The highest BCUT2D eigenvalue weighted by molar-refractivity contribution is 9.10. The number of likely N-dealkylation sites (tertiary alicyclic amines) is 2. The summed E-state index contributed by atoms with van der Waals surface area (Å²) >= 11 is 7.12. The number of aliphatic hydroxyl groups is 3. The molecule has 12 nitrogen and oxygen atoms in total. The zero-order valence-electron chi connectivity index (χ0n) is 57.9. The Hall–Kier alpha value is -8.25. The molecule has 101 heavy (non-hydrogen) atoms. The van der Waals surface area contributed by atoms with Crippen LogP contribution in [0, 0.1) is 11.8 Å². The van der Waals surface area contributed by atoms with Crippen LogP contribution in [-0.4, -0.2) is 146 Å². The molecule has 13 rings (SSSR count). The number of amides is 1. The molecular formula is C87H95Br2N5O7. The highest BCUT2D eigenvalue weighted by Crippen LogP contribution is 2.40. The third-order valence-corrected chi connectivity index (χ3v) is 20.4. The standard InChI is InChI=1S/C31H35N3O3.C29H32BrNO2.C27H28BrNO2/c35-16-4-7-29(22-5-2-1-3-6-22)31(24-10-14-28(36)15-11-24)23-8-12-27(13-9-23)33-30(37)21-34-19-25-17-32-18-26(25)20-34;1-31-19-5-9-26(31)21-33-27-17-13-24(14-18-27)29(23-11-15-25(30)16-12-23)28(10-6-20-32)22-7-3-2-4-8-22;28-24-12-8-22(9-13-24)27(26(7-4-19-30)21-5-2-1-3-6-21)23-10-14-25(15-11-23)31-20-18-29-16-17-29/h1-3,5-6,8-15,25-26,32,35-36H,4,7,16-21H2,(H,33,37);2-4,7-8,11-18,26,32H,5-6,9-10,19-21H2,1H3;1-3,5-6,8-15,30H,4,7,16-20H2/b31-29+;29-28-;27-26-/t25-,26+;;. The number of hydrogen-bond acceptors (Lipinski definition) is 11. The summed E-state index contributed by atoms with van der Waals surface area (Å²) in [5.41, 5.74) is 17.9. The third kappa shape index (κ3) is 21.4. The minimum Gasteiger partial charge on any atom is -0.508 e. The predicted octanol–water partition coefficient (Wildman–Crippen LogP) is 16.7. The molecule has 524 valence electrons. The number of ether oxygens (including phenoxy) is 2. The van der Waals surface area contributed by atoms with E-state index in [2.05, 4.69) is 222 Å². The van der Waals surface area contributed by atoms with Crippen LogP contribution < -0.4 is 20.1 Å². The van der Waals surface area contributed by atoms with Crippen molar-refractivity contribution < 1.29 is 34.7 Å². The van der Waals surface area contributed by atoms with Gasteiger partial charge in [0.2, 0.25) is 5.91 Å². The Bertz CT molecular complexity index is 4110. The van der Waals surface area contributed by atoms with Gasteiger partial charge in [-0.05, 0) is 246 Å². The monoisotopic (exact) mass is 1480 g/mol. The van der Waals surface area contributed by atoms with Crippen LogP contribution in [0.15, 0.2) is 246 Å². The number of nitrogens with one attached hydrogen (secondary N) is 2. The van der Waals surface area contributed by atoms with E-state index in [9.17, 15) is 25.2 Å². The van der Waals surface area contributed by atoms with Gasteiger partial charge in [0.1, 0.15) is 30.5 Å². The highest BCUT2D eigenvalue weighted by atomic mass is 79.9. The van der Waals surface area contributed by atoms with Gasteiger partial charge in [-0.25, -0.2) is 0 Å². The van der Waals surface area contributed by atoms with E-state index in [0.29, 0.717) is 37.3 Å². The summed E-state index contributed by atoms with van der Waals surface area (Å²) in [6.45, 7) is 11.0. The lowest BCUT2D eigenvalue weighted by Crippen LogP contribution is -2.33. The molecule has 0 radical (unpaired) electrons. The average Bonchev–Trinajstić information content (AvgIpc) is 1.80. The SMILES string of the molecule is CN1CCCC1COc1ccc(/C(=C(/CCCO)c2ccccc2)c2ccc(Br)cc2)cc1.O=C(CN1C[C@H]2CNC[C@H]2C1)Nc1ccc(/C(=C(/CCCO)c2ccccc2)c2ccc(O)cc2)cc1.OCCC/C(=C(\c1ccc(Br)cc1)c1ccc(OCCN2CC2)cc1)c1ccccc1. The summed E-state index contributed by atoms with van der Waals surface area (Å²) in [7, 11) is 2.18. The number of phenolic OH excluding ortho intramolecular Hbond substituents is 1. The van der Waals surface area contributed by atoms with Gasteiger partial charge in [0, 0.05) is 73.2 Å². The first-order chi connectivity index (χ1) is 49.5. The maximum Gasteiger partial charge on any atom is 0.238 e. The first-order valence-electron chi connectivity index (χ1n) is 35.7. The Morgan fingerprint density at radius 1 is 0.475 bits per heavy atom. The summed E-state index contributed by atoms with van der Waals surface area (Å²) in [5.74, 6) is 3.38. The minimum atomic E-state index is 0.0166. The van der Waals surface area contributed by atoms with Crippen molar-refractivity contribution in [1.82, 2.24) is 20.0 Å². The van der Waals surface area contributed by atoms with E-state index in [1.54, 1.807) is 12.1 Å². The second-order valence-corrected chi connectivity index (χ2v) is 28.4. The second kappa shape index (κ2) is 38.1. The van der Waals surface area contributed by atoms with Crippen LogP contribution in [0.5, 0.6) is 17.2 Å². The third-order valence-electron chi connectivity index (χ3n) is 19.4. The summed E-state index contributed by atoms with van der Waals surface area (Å²) in [5, 5.41) is 45.1. The first-order valence-corrected chi connectivity index (χ1v) is 37.3. The van der Waals surface area contributed by atoms with Gasteiger partial charge in [0.15, 0.2) is 0 Å². The Morgan fingerprint density at radius 3 is 1.25 bits per heavy atom. The van der Waals surface area contributed by atoms with Crippen LogP contribution in [0.3, 0.4) is 0 Å². The van der Waals surface area contributed by atoms with Gasteiger partial charge in [-0.2, -0.15) is 0 Å². The fourth-order valence-electron chi connectivity index (χ4n) is 13.9. The fourth-order valence-corrected chi connectivity index (χ4v) is 14.5. The molecule has 9 aromatic rings. The van der Waals surface area contributed by atoms with Gasteiger partial charge in [-0.1, -0.05) is 196 Å². The van der Waals surface area contributed by atoms with Gasteiger partial charge in [0.25, 0.3) is 0 Å². The molecule has 1 amide bonds. The summed E-state index contributed by atoms with van der Waals surface area (Å²) in [4.78, 5) is 19.8. The van der Waals surface area contributed by atoms with Crippen molar-refractivity contribution in [3.63, 3.8) is 0 Å². The fraction of sp³-hybridized carbons (Fsp3) is 0.299. The Morgan fingerprint density at radius 2 is 0.861 bits per heavy atom. The second-order valence-electron chi connectivity index (χ2n) is 26.5. The lowest BCUT2D eigenvalue weighted by atomic mass is 9.87. The molecule has 4 heterocycles. The first kappa shape index (κ1) is 74.0. The molecule has 14 heteroatoms. The largest absolute Gasteiger partial charge is 0.508 e. The number of allylic oxidation sites excluding steroid dienone is 3. The Balaban J connectivity index is 0.000000153. The molecule has 4 fully saturated rings. The van der Waals surface area contributed by atoms with E-state index in [0.717, 1.165) is 154 Å². The van der Waals surface area contributed by atoms with Crippen LogP contribution in [0.25, 0.3) is 33.4 Å². The van der Waals surface area contributed by atoms with Crippen molar-refractivity contribution in [1.29, 1.82) is 0 Å². The topological polar surface area (TPSA) is 150 Å². The van der Waals surface area contributed by atoms with Gasteiger partial charge in [0.05, 0.1) is 6.54 Å². The van der Waals surface area contributed by atoms with Gasteiger partial charge >= 0.3 is 0 Å². The molecule has 4 aliphatic heterocycles. The molecular weight excluding hydrogens is 1390 g/mol. The van der Waals surface area contributed by atoms with Crippen molar-refractivity contribution in [2.24, 2.45) is 11.8 Å². The molecule has 0 aliphatic carbocycles. The number of phenols is 1. The number of carbonyl (C=O) groups is 1. The van der Waals surface area contributed by atoms with Crippen LogP contribution in [0.1, 0.15) is 101 Å². The quantitative estimate of drug-likeness (QED) is 0.0206. The number of benzene rings is 9. The molecule has 1 unspecified atom stereocenters. The number of anilines is 1. The maximum atomic E-state index is 12.7. The van der Waals surface area contributed by atoms with E-state index in [4.69, 9.17) is 9.47 Å². The van der Waals surface area contributed by atoms with Crippen molar-refractivity contribution in [2.75, 3.05) is 104 Å². The number of fused-ring (bicyclic) bond motifs is 1. The summed E-state index contributed by atoms with van der Waals surface area (Å²) in [6.07, 6.45) is 6.87. The van der Waals surface area contributed by atoms with Crippen molar-refractivity contribution in [3.8, 4) is 17.2 Å². The van der Waals surface area contributed by atoms with Gasteiger partial charge < -0.3 is 45.4 Å². The predicted molar refractivity (Wildman–Crippen MR) is 420 cm³/mol. The molecule has 4 saturated heterocycles. The normalized spacial score (nSPS) is 17.3. The van der Waals surface area contributed by atoms with Gasteiger partial charge in [-0.3, -0.25) is 14.6 Å². The van der Waals surface area contributed by atoms with Crippen LogP contribution >= 0.6 is 31.9 Å². The number of carbonyl (C=O) groups excluding carboxylic acids is 1. The Kier molecular flexibility index (Phi) is 27.9. The molecule has 0 spiro atoms.